The first kappa shape index (κ1) is 25.9. The van der Waals surface area contributed by atoms with E-state index >= 15 is 0 Å². The fourth-order valence-electron chi connectivity index (χ4n) is 5.16. The Morgan fingerprint density at radius 3 is 2.42 bits per heavy atom. The first-order chi connectivity index (χ1) is 17.0. The second-order valence-corrected chi connectivity index (χ2v) is 10.2. The van der Waals surface area contributed by atoms with Gasteiger partial charge >= 0.3 is 0 Å². The van der Waals surface area contributed by atoms with Crippen molar-refractivity contribution in [2.24, 2.45) is 11.7 Å². The first-order valence-electron chi connectivity index (χ1n) is 12.8. The number of hydrogen-bond donors (Lipinski definition) is 4. The zero-order valence-corrected chi connectivity index (χ0v) is 20.3. The van der Waals surface area contributed by atoms with Gasteiger partial charge < -0.3 is 26.6 Å². The third kappa shape index (κ3) is 6.13. The first-order valence-corrected chi connectivity index (χ1v) is 12.8. The summed E-state index contributed by atoms with van der Waals surface area (Å²) in [5.74, 6) is 1.29. The largest absolute Gasteiger partial charge is 0.369 e. The van der Waals surface area contributed by atoms with E-state index in [-0.39, 0.29) is 37.2 Å². The SMILES string of the molecule is C.CN1CCC(NC(=O)c2ccc(Nc3ncc(C4CC4)c(N[C@@H]4CCC[C@@H]4C(N)=O)n3)cc2)CC1. The van der Waals surface area contributed by atoms with Crippen molar-refractivity contribution in [1.82, 2.24) is 20.2 Å². The average molecular weight is 494 g/mol. The number of hydrogen-bond acceptors (Lipinski definition) is 7. The van der Waals surface area contributed by atoms with E-state index in [0.717, 1.165) is 75.1 Å². The van der Waals surface area contributed by atoms with Crippen molar-refractivity contribution >= 4 is 29.3 Å². The molecule has 1 aromatic heterocycles. The van der Waals surface area contributed by atoms with Gasteiger partial charge in [0.05, 0.1) is 5.92 Å². The molecule has 0 unspecified atom stereocenters. The molecule has 5 rings (SSSR count). The highest BCUT2D eigenvalue weighted by Gasteiger charge is 2.34. The van der Waals surface area contributed by atoms with E-state index in [1.165, 1.54) is 0 Å². The van der Waals surface area contributed by atoms with Crippen molar-refractivity contribution < 1.29 is 9.59 Å². The number of rotatable bonds is 8. The van der Waals surface area contributed by atoms with Crippen LogP contribution < -0.4 is 21.7 Å². The molecule has 0 bridgehead atoms. The molecule has 2 saturated carbocycles. The lowest BCUT2D eigenvalue weighted by molar-refractivity contribution is -0.121. The van der Waals surface area contributed by atoms with E-state index in [2.05, 4.69) is 32.9 Å². The minimum atomic E-state index is -0.250. The molecule has 3 aliphatic rings. The van der Waals surface area contributed by atoms with Gasteiger partial charge in [-0.3, -0.25) is 9.59 Å². The van der Waals surface area contributed by atoms with Crippen molar-refractivity contribution in [1.29, 1.82) is 0 Å². The molecule has 0 radical (unpaired) electrons. The molecule has 1 saturated heterocycles. The Labute approximate surface area is 213 Å². The molecule has 2 atom stereocenters. The van der Waals surface area contributed by atoms with Crippen LogP contribution in [0.15, 0.2) is 30.5 Å². The Morgan fingerprint density at radius 1 is 1.03 bits per heavy atom. The maximum Gasteiger partial charge on any atom is 0.251 e. The van der Waals surface area contributed by atoms with E-state index in [1.54, 1.807) is 0 Å². The summed E-state index contributed by atoms with van der Waals surface area (Å²) < 4.78 is 0. The van der Waals surface area contributed by atoms with Gasteiger partial charge in [0.15, 0.2) is 0 Å². The number of nitrogens with zero attached hydrogens (tertiary/aromatic N) is 3. The van der Waals surface area contributed by atoms with E-state index in [0.29, 0.717) is 17.4 Å². The van der Waals surface area contributed by atoms with Crippen molar-refractivity contribution in [3.8, 4) is 0 Å². The second-order valence-electron chi connectivity index (χ2n) is 10.2. The summed E-state index contributed by atoms with van der Waals surface area (Å²) in [6.45, 7) is 2.02. The molecule has 2 aliphatic carbocycles. The van der Waals surface area contributed by atoms with Gasteiger partial charge in [0.25, 0.3) is 5.91 Å². The Bertz CT molecular complexity index is 1060. The maximum absolute atomic E-state index is 12.6. The molecule has 2 heterocycles. The maximum atomic E-state index is 12.6. The Hall–Kier alpha value is -3.20. The van der Waals surface area contributed by atoms with Gasteiger partial charge in [0, 0.05) is 35.1 Å². The van der Waals surface area contributed by atoms with E-state index in [9.17, 15) is 9.59 Å². The number of nitrogens with two attached hydrogens (primary N) is 1. The third-order valence-electron chi connectivity index (χ3n) is 7.49. The molecule has 36 heavy (non-hydrogen) atoms. The zero-order chi connectivity index (χ0) is 24.4. The van der Waals surface area contributed by atoms with Crippen LogP contribution in [0.2, 0.25) is 0 Å². The van der Waals surface area contributed by atoms with Gasteiger partial charge in [0.1, 0.15) is 5.82 Å². The summed E-state index contributed by atoms with van der Waals surface area (Å²) in [4.78, 5) is 36.1. The van der Waals surface area contributed by atoms with Gasteiger partial charge in [-0.2, -0.15) is 4.98 Å². The lowest BCUT2D eigenvalue weighted by Gasteiger charge is -2.29. The standard InChI is InChI=1S/C26H35N7O2.CH4/c1-33-13-11-19(12-14-33)29-25(35)17-7-9-18(10-8-17)30-26-28-15-21(16-5-6-16)24(32-26)31-22-4-2-3-20(22)23(27)34;/h7-10,15-16,19-20,22H,2-6,11-14H2,1H3,(H2,27,34)(H,29,35)(H2,28,30,31,32);1H4/t20-,22+;/m0./s1. The molecule has 9 nitrogen and oxygen atoms in total. The molecule has 1 aliphatic heterocycles. The number of aromatic nitrogens is 2. The number of likely N-dealkylation sites (tertiary alicyclic amines) is 1. The molecule has 194 valence electrons. The number of primary amides is 1. The van der Waals surface area contributed by atoms with Crippen LogP contribution >= 0.6 is 0 Å². The van der Waals surface area contributed by atoms with Crippen molar-refractivity contribution in [2.45, 2.75) is 70.4 Å². The molecule has 9 heteroatoms. The summed E-state index contributed by atoms with van der Waals surface area (Å²) in [6.07, 6.45) is 8.82. The van der Waals surface area contributed by atoms with Gasteiger partial charge in [-0.05, 0) is 88.8 Å². The van der Waals surface area contributed by atoms with Crippen LogP contribution in [0.4, 0.5) is 17.5 Å². The average Bonchev–Trinajstić information content (AvgIpc) is 3.58. The zero-order valence-electron chi connectivity index (χ0n) is 20.3. The smallest absolute Gasteiger partial charge is 0.251 e. The van der Waals surface area contributed by atoms with Crippen LogP contribution in [0.25, 0.3) is 0 Å². The summed E-state index contributed by atoms with van der Waals surface area (Å²) in [5, 5.41) is 9.91. The summed E-state index contributed by atoms with van der Waals surface area (Å²) >= 11 is 0. The van der Waals surface area contributed by atoms with E-state index < -0.39 is 0 Å². The molecule has 1 aromatic carbocycles. The number of amides is 2. The van der Waals surface area contributed by atoms with Crippen LogP contribution in [0.3, 0.4) is 0 Å². The lowest BCUT2D eigenvalue weighted by Crippen LogP contribution is -2.43. The van der Waals surface area contributed by atoms with Crippen LogP contribution in [0, 0.1) is 5.92 Å². The monoisotopic (exact) mass is 493 g/mol. The summed E-state index contributed by atoms with van der Waals surface area (Å²) in [6, 6.07) is 7.62. The highest BCUT2D eigenvalue weighted by molar-refractivity contribution is 5.94. The minimum Gasteiger partial charge on any atom is -0.369 e. The van der Waals surface area contributed by atoms with Gasteiger partial charge in [-0.15, -0.1) is 0 Å². The molecule has 2 amide bonds. The Kier molecular flexibility index (Phi) is 8.08. The van der Waals surface area contributed by atoms with Gasteiger partial charge in [0.2, 0.25) is 11.9 Å². The third-order valence-corrected chi connectivity index (χ3v) is 7.49. The fraction of sp³-hybridized carbons (Fsp3) is 0.556. The van der Waals surface area contributed by atoms with Crippen LogP contribution in [-0.2, 0) is 4.79 Å². The summed E-state index contributed by atoms with van der Waals surface area (Å²) in [5.41, 5.74) is 8.17. The number of nitrogens with one attached hydrogen (secondary N) is 3. The van der Waals surface area contributed by atoms with Gasteiger partial charge in [-0.1, -0.05) is 13.8 Å². The molecule has 3 fully saturated rings. The topological polar surface area (TPSA) is 125 Å². The Balaban J connectivity index is 0.00000304. The molecule has 5 N–H and O–H groups in total. The predicted molar refractivity (Wildman–Crippen MR) is 142 cm³/mol. The lowest BCUT2D eigenvalue weighted by atomic mass is 10.0. The van der Waals surface area contributed by atoms with Crippen molar-refractivity contribution in [2.75, 3.05) is 30.8 Å². The van der Waals surface area contributed by atoms with Gasteiger partial charge in [-0.25, -0.2) is 4.98 Å². The fourth-order valence-corrected chi connectivity index (χ4v) is 5.16. The van der Waals surface area contributed by atoms with Crippen LogP contribution in [-0.4, -0.2) is 58.9 Å². The second kappa shape index (κ2) is 11.2. The Morgan fingerprint density at radius 2 is 1.75 bits per heavy atom. The minimum absolute atomic E-state index is 0. The summed E-state index contributed by atoms with van der Waals surface area (Å²) in [7, 11) is 2.11. The van der Waals surface area contributed by atoms with E-state index in [1.807, 2.05) is 30.5 Å². The molecule has 2 aromatic rings. The quantitative estimate of drug-likeness (QED) is 0.442. The predicted octanol–water partition coefficient (Wildman–Crippen LogP) is 3.62. The van der Waals surface area contributed by atoms with Crippen LogP contribution in [0.1, 0.15) is 74.2 Å². The molecule has 0 spiro atoms. The molecular weight excluding hydrogens is 454 g/mol. The van der Waals surface area contributed by atoms with Crippen LogP contribution in [0.5, 0.6) is 0 Å². The van der Waals surface area contributed by atoms with E-state index in [4.69, 9.17) is 10.7 Å². The van der Waals surface area contributed by atoms with Crippen molar-refractivity contribution in [3.63, 3.8) is 0 Å². The number of carbonyl (C=O) groups is 2. The number of anilines is 3. The molecular formula is C27H39N7O2. The highest BCUT2D eigenvalue weighted by atomic mass is 16.2. The highest BCUT2D eigenvalue weighted by Crippen LogP contribution is 2.43. The number of benzene rings is 1. The van der Waals surface area contributed by atoms with Crippen molar-refractivity contribution in [3.05, 3.63) is 41.6 Å². The number of carbonyl (C=O) groups excluding carboxylic acids is 2. The number of piperidine rings is 1. The normalized spacial score (nSPS) is 22.5.